The molecule has 3 fully saturated rings. The van der Waals surface area contributed by atoms with Crippen molar-refractivity contribution in [1.82, 2.24) is 15.4 Å². The molecule has 8 nitrogen and oxygen atoms in total. The van der Waals surface area contributed by atoms with Gasteiger partial charge in [-0.15, -0.1) is 0 Å². The molecule has 3 aliphatic rings. The van der Waals surface area contributed by atoms with Crippen LogP contribution in [0.4, 0.5) is 0 Å². The molecule has 2 N–H and O–H groups in total. The first-order chi connectivity index (χ1) is 15.4. The van der Waals surface area contributed by atoms with Crippen LogP contribution in [0.15, 0.2) is 29.4 Å². The number of benzene rings is 1. The van der Waals surface area contributed by atoms with Crippen molar-refractivity contribution < 1.29 is 19.5 Å². The van der Waals surface area contributed by atoms with Gasteiger partial charge in [0.15, 0.2) is 0 Å². The quantitative estimate of drug-likeness (QED) is 0.625. The number of morpholine rings is 1. The average Bonchev–Trinajstić information content (AvgIpc) is 3.21. The zero-order chi connectivity index (χ0) is 22.5. The number of hydrogen-bond donors (Lipinski definition) is 2. The van der Waals surface area contributed by atoms with Crippen molar-refractivity contribution >= 4 is 12.2 Å². The van der Waals surface area contributed by atoms with Crippen LogP contribution in [0.3, 0.4) is 0 Å². The maximum Gasteiger partial charge on any atom is 0.317 e. The van der Waals surface area contributed by atoms with Crippen molar-refractivity contribution in [1.29, 1.82) is 0 Å². The Hall–Kier alpha value is -2.00. The SMILES string of the molecule is CC1CN(N=Cc2ccc(C3CC(CC4CCN(CC(=O)O)CC4)ON3)cc2)CC(C)O1. The van der Waals surface area contributed by atoms with E-state index in [2.05, 4.69) is 53.7 Å². The lowest BCUT2D eigenvalue weighted by molar-refractivity contribution is -0.138. The summed E-state index contributed by atoms with van der Waals surface area (Å²) in [6.07, 6.45) is 6.64. The lowest BCUT2D eigenvalue weighted by atomic mass is 9.89. The summed E-state index contributed by atoms with van der Waals surface area (Å²) in [5.41, 5.74) is 5.53. The lowest BCUT2D eigenvalue weighted by Crippen LogP contribution is -2.42. The van der Waals surface area contributed by atoms with E-state index in [0.717, 1.165) is 57.4 Å². The molecule has 0 amide bonds. The fraction of sp³-hybridized carbons (Fsp3) is 0.667. The number of hydroxylamine groups is 1. The van der Waals surface area contributed by atoms with Crippen LogP contribution in [0.1, 0.15) is 56.7 Å². The molecular weight excluding hydrogens is 408 g/mol. The van der Waals surface area contributed by atoms with Crippen LogP contribution in [-0.4, -0.2) is 78.2 Å². The monoisotopic (exact) mass is 444 g/mol. The first-order valence-corrected chi connectivity index (χ1v) is 11.8. The van der Waals surface area contributed by atoms with E-state index in [1.54, 1.807) is 0 Å². The van der Waals surface area contributed by atoms with Gasteiger partial charge in [-0.3, -0.25) is 19.5 Å². The number of carbonyl (C=O) groups is 1. The standard InChI is InChI=1S/C24H36N4O4/c1-17-14-28(15-18(2)31-17)25-13-20-3-5-21(6-4-20)23-12-22(32-26-23)11-19-7-9-27(10-8-19)16-24(29)30/h3-6,13,17-19,22-23,26H,7-12,14-16H2,1-2H3,(H,29,30). The number of carboxylic acids is 1. The van der Waals surface area contributed by atoms with Crippen LogP contribution in [0.25, 0.3) is 0 Å². The third-order valence-corrected chi connectivity index (χ3v) is 6.65. The van der Waals surface area contributed by atoms with Gasteiger partial charge in [0, 0.05) is 0 Å². The second-order valence-electron chi connectivity index (χ2n) is 9.54. The van der Waals surface area contributed by atoms with Gasteiger partial charge in [-0.25, -0.2) is 0 Å². The zero-order valence-electron chi connectivity index (χ0n) is 19.2. The summed E-state index contributed by atoms with van der Waals surface area (Å²) in [5, 5.41) is 15.7. The summed E-state index contributed by atoms with van der Waals surface area (Å²) < 4.78 is 5.76. The van der Waals surface area contributed by atoms with E-state index in [1.807, 2.05) is 11.1 Å². The predicted octanol–water partition coefficient (Wildman–Crippen LogP) is 2.65. The molecule has 4 atom stereocenters. The molecule has 3 heterocycles. The van der Waals surface area contributed by atoms with Crippen LogP contribution >= 0.6 is 0 Å². The Kier molecular flexibility index (Phi) is 7.78. The largest absolute Gasteiger partial charge is 0.480 e. The Morgan fingerprint density at radius 3 is 2.53 bits per heavy atom. The van der Waals surface area contributed by atoms with E-state index in [1.165, 1.54) is 5.56 Å². The highest BCUT2D eigenvalue weighted by Gasteiger charge is 2.30. The summed E-state index contributed by atoms with van der Waals surface area (Å²) in [6.45, 7) is 7.70. The van der Waals surface area contributed by atoms with E-state index in [4.69, 9.17) is 14.7 Å². The van der Waals surface area contributed by atoms with Crippen LogP contribution in [0, 0.1) is 5.92 Å². The zero-order valence-corrected chi connectivity index (χ0v) is 19.2. The molecule has 8 heteroatoms. The number of piperidine rings is 1. The summed E-state index contributed by atoms with van der Waals surface area (Å²) in [7, 11) is 0. The summed E-state index contributed by atoms with van der Waals surface area (Å²) in [6, 6.07) is 8.73. The third kappa shape index (κ3) is 6.51. The average molecular weight is 445 g/mol. The molecule has 0 radical (unpaired) electrons. The summed E-state index contributed by atoms with van der Waals surface area (Å²) in [4.78, 5) is 18.8. The van der Waals surface area contributed by atoms with Gasteiger partial charge in [0.2, 0.25) is 0 Å². The molecule has 0 aromatic heterocycles. The highest BCUT2D eigenvalue weighted by atomic mass is 16.7. The molecule has 3 saturated heterocycles. The van der Waals surface area contributed by atoms with Crippen LogP contribution in [0.5, 0.6) is 0 Å². The molecule has 3 aliphatic heterocycles. The van der Waals surface area contributed by atoms with Gasteiger partial charge in [0.05, 0.1) is 50.2 Å². The summed E-state index contributed by atoms with van der Waals surface area (Å²) in [5.74, 6) is -0.132. The minimum atomic E-state index is -0.739. The van der Waals surface area contributed by atoms with Gasteiger partial charge >= 0.3 is 5.97 Å². The molecule has 1 aromatic carbocycles. The van der Waals surface area contributed by atoms with Crippen molar-refractivity contribution in [3.63, 3.8) is 0 Å². The number of nitrogens with zero attached hydrogens (tertiary/aromatic N) is 3. The minimum absolute atomic E-state index is 0.154. The number of ether oxygens (including phenoxy) is 1. The van der Waals surface area contributed by atoms with Gasteiger partial charge in [-0.2, -0.15) is 10.6 Å². The Morgan fingerprint density at radius 2 is 1.88 bits per heavy atom. The van der Waals surface area contributed by atoms with E-state index >= 15 is 0 Å². The fourth-order valence-corrected chi connectivity index (χ4v) is 5.04. The Labute approximate surface area is 190 Å². The molecule has 0 bridgehead atoms. The predicted molar refractivity (Wildman–Crippen MR) is 122 cm³/mol. The van der Waals surface area contributed by atoms with Crippen molar-refractivity contribution in [3.8, 4) is 0 Å². The maximum absolute atomic E-state index is 10.9. The second-order valence-corrected chi connectivity index (χ2v) is 9.54. The number of aliphatic carboxylic acids is 1. The number of rotatable bonds is 7. The molecule has 0 aliphatic carbocycles. The third-order valence-electron chi connectivity index (χ3n) is 6.65. The number of hydrogen-bond acceptors (Lipinski definition) is 7. The summed E-state index contributed by atoms with van der Waals surface area (Å²) >= 11 is 0. The van der Waals surface area contributed by atoms with Crippen LogP contribution in [0.2, 0.25) is 0 Å². The normalized spacial score (nSPS) is 30.2. The van der Waals surface area contributed by atoms with Gasteiger partial charge < -0.3 is 9.84 Å². The molecule has 0 saturated carbocycles. The molecule has 4 rings (SSSR count). The molecule has 1 aromatic rings. The smallest absolute Gasteiger partial charge is 0.317 e. The molecular formula is C24H36N4O4. The van der Waals surface area contributed by atoms with E-state index in [-0.39, 0.29) is 30.9 Å². The van der Waals surface area contributed by atoms with E-state index in [9.17, 15) is 4.79 Å². The Bertz CT molecular complexity index is 769. The molecule has 0 spiro atoms. The second kappa shape index (κ2) is 10.7. The molecule has 4 unspecified atom stereocenters. The van der Waals surface area contributed by atoms with E-state index in [0.29, 0.717) is 5.92 Å². The van der Waals surface area contributed by atoms with E-state index < -0.39 is 5.97 Å². The van der Waals surface area contributed by atoms with Gasteiger partial charge in [-0.05, 0) is 69.7 Å². The maximum atomic E-state index is 10.9. The first-order valence-electron chi connectivity index (χ1n) is 11.8. The first kappa shape index (κ1) is 23.2. The van der Waals surface area contributed by atoms with Gasteiger partial charge in [-0.1, -0.05) is 24.3 Å². The van der Waals surface area contributed by atoms with Crippen molar-refractivity contribution in [2.75, 3.05) is 32.7 Å². The highest BCUT2D eigenvalue weighted by Crippen LogP contribution is 2.31. The van der Waals surface area contributed by atoms with Crippen LogP contribution < -0.4 is 5.48 Å². The number of likely N-dealkylation sites (tertiary alicyclic amines) is 1. The minimum Gasteiger partial charge on any atom is -0.480 e. The number of nitrogens with one attached hydrogen (secondary N) is 1. The van der Waals surface area contributed by atoms with Crippen molar-refractivity contribution in [3.05, 3.63) is 35.4 Å². The van der Waals surface area contributed by atoms with Crippen molar-refractivity contribution in [2.24, 2.45) is 11.0 Å². The van der Waals surface area contributed by atoms with Crippen LogP contribution in [-0.2, 0) is 14.4 Å². The Morgan fingerprint density at radius 1 is 1.19 bits per heavy atom. The molecule has 176 valence electrons. The van der Waals surface area contributed by atoms with Gasteiger partial charge in [0.1, 0.15) is 0 Å². The number of carboxylic acid groups (broad SMARTS) is 1. The highest BCUT2D eigenvalue weighted by molar-refractivity contribution is 5.79. The molecule has 32 heavy (non-hydrogen) atoms. The lowest BCUT2D eigenvalue weighted by Gasteiger charge is -2.33. The van der Waals surface area contributed by atoms with Gasteiger partial charge in [0.25, 0.3) is 0 Å². The van der Waals surface area contributed by atoms with Crippen molar-refractivity contribution in [2.45, 2.75) is 63.9 Å². The fourth-order valence-electron chi connectivity index (χ4n) is 5.04. The Balaban J connectivity index is 1.22. The number of hydrazone groups is 1. The topological polar surface area (TPSA) is 86.6 Å².